The van der Waals surface area contributed by atoms with Crippen molar-refractivity contribution in [3.05, 3.63) is 12.7 Å². The molecule has 1 saturated heterocycles. The molecule has 1 atom stereocenters. The van der Waals surface area contributed by atoms with Gasteiger partial charge in [-0.15, -0.1) is 6.58 Å². The van der Waals surface area contributed by atoms with E-state index in [9.17, 15) is 4.79 Å². The van der Waals surface area contributed by atoms with Crippen molar-refractivity contribution >= 4 is 5.91 Å². The summed E-state index contributed by atoms with van der Waals surface area (Å²) in [4.78, 5) is 13.0. The fourth-order valence-electron chi connectivity index (χ4n) is 1.69. The van der Waals surface area contributed by atoms with Gasteiger partial charge in [0.05, 0.1) is 0 Å². The summed E-state index contributed by atoms with van der Waals surface area (Å²) < 4.78 is 0. The molecule has 1 rings (SSSR count). The molecule has 0 radical (unpaired) electrons. The molecular formula is C9H15NO. The van der Waals surface area contributed by atoms with E-state index in [1.54, 1.807) is 6.92 Å². The Morgan fingerprint density at radius 2 is 2.55 bits per heavy atom. The maximum absolute atomic E-state index is 11.0. The molecule has 2 nitrogen and oxygen atoms in total. The molecule has 0 bridgehead atoms. The highest BCUT2D eigenvalue weighted by Crippen LogP contribution is 2.19. The Labute approximate surface area is 67.9 Å². The second-order valence-electron chi connectivity index (χ2n) is 3.03. The number of carbonyl (C=O) groups excluding carboxylic acids is 1. The van der Waals surface area contributed by atoms with E-state index in [2.05, 4.69) is 6.58 Å². The Balaban J connectivity index is 2.50. The molecule has 0 aromatic rings. The molecule has 1 amide bonds. The molecule has 1 aliphatic heterocycles. The van der Waals surface area contributed by atoms with Crippen LogP contribution in [0.3, 0.4) is 0 Å². The monoisotopic (exact) mass is 153 g/mol. The molecule has 0 saturated carbocycles. The zero-order valence-electron chi connectivity index (χ0n) is 7.05. The van der Waals surface area contributed by atoms with Gasteiger partial charge in [0.1, 0.15) is 0 Å². The molecule has 11 heavy (non-hydrogen) atoms. The summed E-state index contributed by atoms with van der Waals surface area (Å²) in [5.41, 5.74) is 0. The molecule has 1 fully saturated rings. The van der Waals surface area contributed by atoms with Gasteiger partial charge in [-0.2, -0.15) is 0 Å². The first kappa shape index (κ1) is 8.31. The molecule has 0 aromatic heterocycles. The Morgan fingerprint density at radius 1 is 1.82 bits per heavy atom. The number of amides is 1. The highest BCUT2D eigenvalue weighted by molar-refractivity contribution is 5.73. The summed E-state index contributed by atoms with van der Waals surface area (Å²) in [5.74, 6) is 0.203. The van der Waals surface area contributed by atoms with Crippen molar-refractivity contribution in [3.63, 3.8) is 0 Å². The van der Waals surface area contributed by atoms with Gasteiger partial charge in [-0.05, 0) is 19.3 Å². The van der Waals surface area contributed by atoms with Gasteiger partial charge in [0.2, 0.25) is 5.91 Å². The van der Waals surface area contributed by atoms with Gasteiger partial charge in [-0.1, -0.05) is 6.08 Å². The summed E-state index contributed by atoms with van der Waals surface area (Å²) in [6.45, 7) is 6.26. The fraction of sp³-hybridized carbons (Fsp3) is 0.667. The second-order valence-corrected chi connectivity index (χ2v) is 3.03. The Hall–Kier alpha value is -0.790. The number of likely N-dealkylation sites (tertiary alicyclic amines) is 1. The minimum absolute atomic E-state index is 0.203. The van der Waals surface area contributed by atoms with Crippen molar-refractivity contribution in [1.82, 2.24) is 4.90 Å². The third kappa shape index (κ3) is 1.82. The molecule has 0 spiro atoms. The smallest absolute Gasteiger partial charge is 0.219 e. The minimum atomic E-state index is 0.203. The number of rotatable bonds is 2. The van der Waals surface area contributed by atoms with E-state index in [0.29, 0.717) is 6.04 Å². The Bertz CT molecular complexity index is 165. The van der Waals surface area contributed by atoms with Crippen molar-refractivity contribution in [1.29, 1.82) is 0 Å². The third-order valence-corrected chi connectivity index (χ3v) is 2.22. The van der Waals surface area contributed by atoms with E-state index in [1.807, 2.05) is 11.0 Å². The maximum atomic E-state index is 11.0. The van der Waals surface area contributed by atoms with Crippen LogP contribution in [0.2, 0.25) is 0 Å². The summed E-state index contributed by atoms with van der Waals surface area (Å²) in [7, 11) is 0. The first-order valence-electron chi connectivity index (χ1n) is 4.14. The Morgan fingerprint density at radius 3 is 3.09 bits per heavy atom. The van der Waals surface area contributed by atoms with Crippen LogP contribution < -0.4 is 0 Å². The van der Waals surface area contributed by atoms with Crippen molar-refractivity contribution in [2.45, 2.75) is 32.2 Å². The molecule has 0 aromatic carbocycles. The fourth-order valence-corrected chi connectivity index (χ4v) is 1.69. The van der Waals surface area contributed by atoms with Gasteiger partial charge in [0.15, 0.2) is 0 Å². The summed E-state index contributed by atoms with van der Waals surface area (Å²) >= 11 is 0. The van der Waals surface area contributed by atoms with Crippen LogP contribution in [0.5, 0.6) is 0 Å². The molecule has 0 unspecified atom stereocenters. The lowest BCUT2D eigenvalue weighted by Crippen LogP contribution is -2.33. The molecule has 2 heteroatoms. The van der Waals surface area contributed by atoms with Gasteiger partial charge in [0, 0.05) is 19.5 Å². The number of hydrogen-bond acceptors (Lipinski definition) is 1. The van der Waals surface area contributed by atoms with Gasteiger partial charge in [0.25, 0.3) is 0 Å². The average Bonchev–Trinajstić information content (AvgIpc) is 2.36. The van der Waals surface area contributed by atoms with Crippen LogP contribution in [0.25, 0.3) is 0 Å². The lowest BCUT2D eigenvalue weighted by atomic mass is 10.1. The lowest BCUT2D eigenvalue weighted by molar-refractivity contribution is -0.129. The van der Waals surface area contributed by atoms with E-state index in [-0.39, 0.29) is 5.91 Å². The highest BCUT2D eigenvalue weighted by Gasteiger charge is 2.24. The van der Waals surface area contributed by atoms with Gasteiger partial charge in [-0.3, -0.25) is 4.79 Å². The standard InChI is InChI=1S/C9H15NO/c1-3-5-9-6-4-7-10(9)8(2)11/h3,9H,1,4-7H2,2H3/t9-/m1/s1. The van der Waals surface area contributed by atoms with Gasteiger partial charge >= 0.3 is 0 Å². The van der Waals surface area contributed by atoms with Gasteiger partial charge < -0.3 is 4.90 Å². The van der Waals surface area contributed by atoms with E-state index >= 15 is 0 Å². The summed E-state index contributed by atoms with van der Waals surface area (Å²) in [5, 5.41) is 0. The van der Waals surface area contributed by atoms with Crippen LogP contribution in [0.4, 0.5) is 0 Å². The molecule has 0 aliphatic carbocycles. The minimum Gasteiger partial charge on any atom is -0.340 e. The van der Waals surface area contributed by atoms with Crippen LogP contribution in [0.1, 0.15) is 26.2 Å². The number of nitrogens with zero attached hydrogens (tertiary/aromatic N) is 1. The topological polar surface area (TPSA) is 20.3 Å². The average molecular weight is 153 g/mol. The highest BCUT2D eigenvalue weighted by atomic mass is 16.2. The van der Waals surface area contributed by atoms with Crippen molar-refractivity contribution in [3.8, 4) is 0 Å². The molecular weight excluding hydrogens is 138 g/mol. The maximum Gasteiger partial charge on any atom is 0.219 e. The van der Waals surface area contributed by atoms with Crippen LogP contribution in [-0.2, 0) is 4.79 Å². The van der Waals surface area contributed by atoms with E-state index in [1.165, 1.54) is 0 Å². The summed E-state index contributed by atoms with van der Waals surface area (Å²) in [6, 6.07) is 0.435. The van der Waals surface area contributed by atoms with E-state index in [0.717, 1.165) is 25.8 Å². The number of hydrogen-bond donors (Lipinski definition) is 0. The molecule has 1 aliphatic rings. The van der Waals surface area contributed by atoms with E-state index < -0.39 is 0 Å². The predicted octanol–water partition coefficient (Wildman–Crippen LogP) is 1.57. The van der Waals surface area contributed by atoms with Crippen LogP contribution in [0, 0.1) is 0 Å². The number of carbonyl (C=O) groups is 1. The zero-order chi connectivity index (χ0) is 8.27. The molecule has 0 N–H and O–H groups in total. The third-order valence-electron chi connectivity index (χ3n) is 2.22. The summed E-state index contributed by atoms with van der Waals surface area (Å²) in [6.07, 6.45) is 5.13. The quantitative estimate of drug-likeness (QED) is 0.551. The first-order valence-corrected chi connectivity index (χ1v) is 4.14. The van der Waals surface area contributed by atoms with Crippen molar-refractivity contribution in [2.24, 2.45) is 0 Å². The van der Waals surface area contributed by atoms with Crippen LogP contribution >= 0.6 is 0 Å². The van der Waals surface area contributed by atoms with Gasteiger partial charge in [-0.25, -0.2) is 0 Å². The van der Waals surface area contributed by atoms with Crippen molar-refractivity contribution in [2.75, 3.05) is 6.54 Å². The zero-order valence-corrected chi connectivity index (χ0v) is 7.05. The van der Waals surface area contributed by atoms with Crippen LogP contribution in [0.15, 0.2) is 12.7 Å². The van der Waals surface area contributed by atoms with Crippen LogP contribution in [-0.4, -0.2) is 23.4 Å². The second kappa shape index (κ2) is 3.56. The predicted molar refractivity (Wildman–Crippen MR) is 45.2 cm³/mol. The first-order chi connectivity index (χ1) is 5.25. The molecule has 62 valence electrons. The lowest BCUT2D eigenvalue weighted by Gasteiger charge is -2.21. The molecule has 1 heterocycles. The largest absolute Gasteiger partial charge is 0.340 e. The van der Waals surface area contributed by atoms with E-state index in [4.69, 9.17) is 0 Å². The SMILES string of the molecule is C=CC[C@@H]1CCCN1C(C)=O. The normalized spacial score (nSPS) is 23.7. The Kier molecular flexibility index (Phi) is 2.69. The van der Waals surface area contributed by atoms with Crippen molar-refractivity contribution < 1.29 is 4.79 Å².